The van der Waals surface area contributed by atoms with Crippen LogP contribution in [0.1, 0.15) is 38.3 Å². The number of halogens is 1. The van der Waals surface area contributed by atoms with Crippen molar-refractivity contribution in [3.05, 3.63) is 59.7 Å². The van der Waals surface area contributed by atoms with Crippen LogP contribution in [0.15, 0.2) is 53.5 Å². The first kappa shape index (κ1) is 23.0. The summed E-state index contributed by atoms with van der Waals surface area (Å²) in [7, 11) is 0. The third kappa shape index (κ3) is 7.58. The fraction of sp³-hybridized carbons (Fsp3) is 0.333. The number of nitrogens with two attached hydrogens (primary N) is 1. The highest BCUT2D eigenvalue weighted by Crippen LogP contribution is 2.14. The van der Waals surface area contributed by atoms with Crippen LogP contribution in [0.3, 0.4) is 0 Å². The molecule has 27 heavy (non-hydrogen) atoms. The van der Waals surface area contributed by atoms with Crippen molar-refractivity contribution < 1.29 is 4.79 Å². The van der Waals surface area contributed by atoms with Gasteiger partial charge in [-0.25, -0.2) is 4.99 Å². The second kappa shape index (κ2) is 11.6. The molecule has 1 unspecified atom stereocenters. The summed E-state index contributed by atoms with van der Waals surface area (Å²) in [5, 5.41) is 6.05. The van der Waals surface area contributed by atoms with Gasteiger partial charge in [-0.15, -0.1) is 24.0 Å². The number of carbonyl (C=O) groups excluding carboxylic acids is 1. The van der Waals surface area contributed by atoms with E-state index in [4.69, 9.17) is 5.73 Å². The van der Waals surface area contributed by atoms with Gasteiger partial charge in [0.15, 0.2) is 5.96 Å². The van der Waals surface area contributed by atoms with Gasteiger partial charge >= 0.3 is 0 Å². The summed E-state index contributed by atoms with van der Waals surface area (Å²) in [5.74, 6) is 0.396. The molecule has 1 atom stereocenters. The Kier molecular flexibility index (Phi) is 9.85. The number of benzene rings is 2. The van der Waals surface area contributed by atoms with Gasteiger partial charge in [-0.3, -0.25) is 4.79 Å². The van der Waals surface area contributed by atoms with Gasteiger partial charge in [0.1, 0.15) is 0 Å². The summed E-state index contributed by atoms with van der Waals surface area (Å²) in [4.78, 5) is 16.4. The van der Waals surface area contributed by atoms with Crippen molar-refractivity contribution in [2.24, 2.45) is 16.6 Å². The number of aliphatic imine (C=N–C) groups is 1. The quantitative estimate of drug-likeness (QED) is 0.303. The van der Waals surface area contributed by atoms with Crippen LogP contribution in [-0.4, -0.2) is 11.9 Å². The molecule has 146 valence electrons. The molecule has 2 aromatic carbocycles. The van der Waals surface area contributed by atoms with E-state index in [1.807, 2.05) is 50.2 Å². The van der Waals surface area contributed by atoms with Gasteiger partial charge in [-0.1, -0.05) is 45.0 Å². The van der Waals surface area contributed by atoms with Gasteiger partial charge in [0, 0.05) is 17.3 Å². The van der Waals surface area contributed by atoms with E-state index in [-0.39, 0.29) is 35.8 Å². The number of anilines is 2. The number of hydrogen-bond donors (Lipinski definition) is 3. The first-order chi connectivity index (χ1) is 12.5. The number of hydrogen-bond acceptors (Lipinski definition) is 2. The molecular weight excluding hydrogens is 451 g/mol. The Morgan fingerprint density at radius 3 is 2.26 bits per heavy atom. The zero-order valence-electron chi connectivity index (χ0n) is 16.2. The standard InChI is InChI=1S/C21H28N4O.HI/c1-4-15(3)20(26)24-18-10-7-9-17(13-18)14-23-21(22)25-19-11-6-8-16(5-2)12-19;/h6-13,15H,4-5,14H2,1-3H3,(H,24,26)(H3,22,23,25);1H. The van der Waals surface area contributed by atoms with E-state index in [1.54, 1.807) is 0 Å². The maximum absolute atomic E-state index is 12.0. The Morgan fingerprint density at radius 1 is 1.04 bits per heavy atom. The lowest BCUT2D eigenvalue weighted by molar-refractivity contribution is -0.119. The lowest BCUT2D eigenvalue weighted by atomic mass is 10.1. The van der Waals surface area contributed by atoms with E-state index in [0.29, 0.717) is 12.5 Å². The average molecular weight is 480 g/mol. The fourth-order valence-electron chi connectivity index (χ4n) is 2.43. The number of guanidine groups is 1. The van der Waals surface area contributed by atoms with Crippen LogP contribution in [-0.2, 0) is 17.8 Å². The molecule has 0 heterocycles. The van der Waals surface area contributed by atoms with Crippen molar-refractivity contribution in [3.63, 3.8) is 0 Å². The molecule has 0 spiro atoms. The van der Waals surface area contributed by atoms with Crippen molar-refractivity contribution in [1.29, 1.82) is 0 Å². The van der Waals surface area contributed by atoms with E-state index in [1.165, 1.54) is 5.56 Å². The Hall–Kier alpha value is -2.09. The molecular formula is C21H29IN4O. The Morgan fingerprint density at radius 2 is 1.63 bits per heavy atom. The monoisotopic (exact) mass is 480 g/mol. The van der Waals surface area contributed by atoms with Crippen molar-refractivity contribution in [1.82, 2.24) is 0 Å². The summed E-state index contributed by atoms with van der Waals surface area (Å²) in [6.45, 7) is 6.48. The van der Waals surface area contributed by atoms with Crippen molar-refractivity contribution in [2.75, 3.05) is 10.6 Å². The third-order valence-corrected chi connectivity index (χ3v) is 4.29. The van der Waals surface area contributed by atoms with Crippen molar-refractivity contribution >= 4 is 47.2 Å². The molecule has 5 nitrogen and oxygen atoms in total. The lowest BCUT2D eigenvalue weighted by Gasteiger charge is -2.11. The maximum atomic E-state index is 12.0. The predicted molar refractivity (Wildman–Crippen MR) is 125 cm³/mol. The normalized spacial score (nSPS) is 12.0. The summed E-state index contributed by atoms with van der Waals surface area (Å²) in [6.07, 6.45) is 1.79. The van der Waals surface area contributed by atoms with Crippen LogP contribution in [0.4, 0.5) is 11.4 Å². The molecule has 0 bridgehead atoms. The zero-order chi connectivity index (χ0) is 18.9. The van der Waals surface area contributed by atoms with Crippen LogP contribution >= 0.6 is 24.0 Å². The highest BCUT2D eigenvalue weighted by Gasteiger charge is 2.10. The van der Waals surface area contributed by atoms with Crippen LogP contribution in [0.5, 0.6) is 0 Å². The summed E-state index contributed by atoms with van der Waals surface area (Å²) in [5.41, 5.74) is 9.93. The minimum absolute atomic E-state index is 0. The number of carbonyl (C=O) groups is 1. The van der Waals surface area contributed by atoms with E-state index >= 15 is 0 Å². The van der Waals surface area contributed by atoms with Crippen molar-refractivity contribution in [3.8, 4) is 0 Å². The largest absolute Gasteiger partial charge is 0.370 e. The highest BCUT2D eigenvalue weighted by atomic mass is 127. The van der Waals surface area contributed by atoms with Crippen LogP contribution in [0.2, 0.25) is 0 Å². The van der Waals surface area contributed by atoms with Crippen LogP contribution < -0.4 is 16.4 Å². The number of amides is 1. The first-order valence-electron chi connectivity index (χ1n) is 9.07. The fourth-order valence-corrected chi connectivity index (χ4v) is 2.43. The SMILES string of the molecule is CCc1cccc(NC(N)=NCc2cccc(NC(=O)C(C)CC)c2)c1.I. The first-order valence-corrected chi connectivity index (χ1v) is 9.07. The van der Waals surface area contributed by atoms with E-state index in [0.717, 1.165) is 29.8 Å². The van der Waals surface area contributed by atoms with Gasteiger partial charge in [-0.2, -0.15) is 0 Å². The molecule has 0 aliphatic rings. The average Bonchev–Trinajstić information content (AvgIpc) is 2.66. The topological polar surface area (TPSA) is 79.5 Å². The molecule has 2 rings (SSSR count). The molecule has 1 amide bonds. The molecule has 0 aliphatic carbocycles. The van der Waals surface area contributed by atoms with Gasteiger partial charge in [0.05, 0.1) is 6.54 Å². The molecule has 0 aliphatic heterocycles. The third-order valence-electron chi connectivity index (χ3n) is 4.29. The summed E-state index contributed by atoms with van der Waals surface area (Å²) in [6, 6.07) is 15.8. The molecule has 0 radical (unpaired) electrons. The van der Waals surface area contributed by atoms with Gasteiger partial charge in [0.25, 0.3) is 0 Å². The minimum atomic E-state index is -0.00425. The zero-order valence-corrected chi connectivity index (χ0v) is 18.5. The van der Waals surface area contributed by atoms with E-state index < -0.39 is 0 Å². The maximum Gasteiger partial charge on any atom is 0.227 e. The molecule has 0 saturated carbocycles. The molecule has 0 fully saturated rings. The second-order valence-corrected chi connectivity index (χ2v) is 6.38. The number of nitrogens with one attached hydrogen (secondary N) is 2. The smallest absolute Gasteiger partial charge is 0.227 e. The Bertz CT molecular complexity index is 776. The minimum Gasteiger partial charge on any atom is -0.370 e. The van der Waals surface area contributed by atoms with Gasteiger partial charge in [0.2, 0.25) is 5.91 Å². The molecule has 0 saturated heterocycles. The van der Waals surface area contributed by atoms with Crippen LogP contribution in [0, 0.1) is 5.92 Å². The summed E-state index contributed by atoms with van der Waals surface area (Å²) < 4.78 is 0. The highest BCUT2D eigenvalue weighted by molar-refractivity contribution is 14.0. The molecule has 2 aromatic rings. The second-order valence-electron chi connectivity index (χ2n) is 6.38. The Labute approximate surface area is 178 Å². The van der Waals surface area contributed by atoms with E-state index in [9.17, 15) is 4.79 Å². The molecule has 4 N–H and O–H groups in total. The number of nitrogens with zero attached hydrogens (tertiary/aromatic N) is 1. The number of rotatable bonds is 7. The molecule has 6 heteroatoms. The van der Waals surface area contributed by atoms with Crippen LogP contribution in [0.25, 0.3) is 0 Å². The van der Waals surface area contributed by atoms with Crippen molar-refractivity contribution in [2.45, 2.75) is 40.2 Å². The van der Waals surface area contributed by atoms with Gasteiger partial charge < -0.3 is 16.4 Å². The van der Waals surface area contributed by atoms with E-state index in [2.05, 4.69) is 34.7 Å². The summed E-state index contributed by atoms with van der Waals surface area (Å²) >= 11 is 0. The number of aryl methyl sites for hydroxylation is 1. The molecule has 0 aromatic heterocycles. The van der Waals surface area contributed by atoms with Gasteiger partial charge in [-0.05, 0) is 48.2 Å². The predicted octanol–water partition coefficient (Wildman–Crippen LogP) is 4.78. The Balaban J connectivity index is 0.00000364. The lowest BCUT2D eigenvalue weighted by Crippen LogP contribution is -2.22.